The van der Waals surface area contributed by atoms with Crippen LogP contribution in [0.1, 0.15) is 27.2 Å². The predicted molar refractivity (Wildman–Crippen MR) is 49.1 cm³/mol. The summed E-state index contributed by atoms with van der Waals surface area (Å²) >= 11 is 0. The first kappa shape index (κ1) is 17.8. The van der Waals surface area contributed by atoms with Gasteiger partial charge in [0.2, 0.25) is 0 Å². The molecule has 0 fully saturated rings. The number of hydrogen-bond acceptors (Lipinski definition) is 4. The van der Waals surface area contributed by atoms with Crippen LogP contribution >= 0.6 is 0 Å². The van der Waals surface area contributed by atoms with Gasteiger partial charge in [-0.05, 0) is 6.42 Å². The summed E-state index contributed by atoms with van der Waals surface area (Å²) in [6.07, 6.45) is 0.745. The van der Waals surface area contributed by atoms with Crippen molar-refractivity contribution in [3.05, 3.63) is 0 Å². The van der Waals surface area contributed by atoms with Gasteiger partial charge in [-0.1, -0.05) is 6.92 Å². The lowest BCUT2D eigenvalue weighted by Gasteiger charge is -1.92. The summed E-state index contributed by atoms with van der Waals surface area (Å²) in [4.78, 5) is 18.0. The minimum atomic E-state index is -0.833. The quantitative estimate of drug-likeness (QED) is 0.429. The molecule has 0 aliphatic heterocycles. The molecule has 0 amide bonds. The first-order chi connectivity index (χ1) is 5.73. The van der Waals surface area contributed by atoms with Crippen molar-refractivity contribution in [2.24, 2.45) is 11.5 Å². The normalized spacial score (nSPS) is 7.54. The lowest BCUT2D eigenvalue weighted by atomic mass is 10.4. The second-order valence-electron chi connectivity index (χ2n) is 2.11. The second kappa shape index (κ2) is 13.4. The number of carboxylic acid groups (broad SMARTS) is 2. The third-order valence-electron chi connectivity index (χ3n) is 0.471. The van der Waals surface area contributed by atoms with E-state index in [9.17, 15) is 0 Å². The Kier molecular flexibility index (Phi) is 18.4. The van der Waals surface area contributed by atoms with Gasteiger partial charge >= 0.3 is 0 Å². The molecular weight excluding hydrogens is 176 g/mol. The minimum absolute atomic E-state index is 0.116. The average Bonchev–Trinajstić information content (AvgIpc) is 1.84. The number of carbonyl (C=O) groups is 2. The van der Waals surface area contributed by atoms with E-state index < -0.39 is 11.9 Å². The molecule has 6 heteroatoms. The molecule has 0 aliphatic carbocycles. The maximum atomic E-state index is 9.00. The van der Waals surface area contributed by atoms with Crippen molar-refractivity contribution in [1.82, 2.24) is 0 Å². The first-order valence-electron chi connectivity index (χ1n) is 3.64. The smallest absolute Gasteiger partial charge is 0.300 e. The van der Waals surface area contributed by atoms with E-state index in [1.807, 2.05) is 6.92 Å². The summed E-state index contributed by atoms with van der Waals surface area (Å²) in [6.45, 7) is 4.12. The molecule has 0 rings (SSSR count). The van der Waals surface area contributed by atoms with Gasteiger partial charge in [0.25, 0.3) is 11.9 Å². The highest BCUT2D eigenvalue weighted by atomic mass is 16.4. The van der Waals surface area contributed by atoms with Crippen molar-refractivity contribution in [3.63, 3.8) is 0 Å². The van der Waals surface area contributed by atoms with E-state index in [1.54, 1.807) is 0 Å². The van der Waals surface area contributed by atoms with E-state index in [4.69, 9.17) is 31.3 Å². The topological polar surface area (TPSA) is 127 Å². The zero-order valence-corrected chi connectivity index (χ0v) is 8.15. The summed E-state index contributed by atoms with van der Waals surface area (Å²) in [5, 5.41) is 14.8. The van der Waals surface area contributed by atoms with Crippen molar-refractivity contribution >= 4 is 11.9 Å². The third kappa shape index (κ3) is 1150. The van der Waals surface area contributed by atoms with E-state index in [2.05, 4.69) is 0 Å². The van der Waals surface area contributed by atoms with Crippen molar-refractivity contribution in [2.75, 3.05) is 0 Å². The number of rotatable bonds is 1. The Labute approximate surface area is 77.5 Å². The molecule has 0 heterocycles. The van der Waals surface area contributed by atoms with Gasteiger partial charge in [-0.3, -0.25) is 9.59 Å². The lowest BCUT2D eigenvalue weighted by molar-refractivity contribution is -0.135. The largest absolute Gasteiger partial charge is 0.481 e. The van der Waals surface area contributed by atoms with Crippen LogP contribution in [-0.4, -0.2) is 28.3 Å². The van der Waals surface area contributed by atoms with E-state index in [-0.39, 0.29) is 6.17 Å². The Hall–Kier alpha value is -1.14. The van der Waals surface area contributed by atoms with Gasteiger partial charge in [-0.2, -0.15) is 0 Å². The highest BCUT2D eigenvalue weighted by Crippen LogP contribution is 1.68. The SMILES string of the molecule is CC(=O)O.CC(=O)O.CCC(N)N. The fourth-order valence-electron chi connectivity index (χ4n) is 0. The average molecular weight is 194 g/mol. The molecule has 0 unspecified atom stereocenters. The molecule has 0 saturated heterocycles. The number of carboxylic acids is 2. The highest BCUT2D eigenvalue weighted by molar-refractivity contribution is 5.63. The Morgan fingerprint density at radius 2 is 1.23 bits per heavy atom. The summed E-state index contributed by atoms with van der Waals surface area (Å²) in [6, 6.07) is 0. The molecule has 6 N–H and O–H groups in total. The minimum Gasteiger partial charge on any atom is -0.481 e. The van der Waals surface area contributed by atoms with Gasteiger partial charge in [0.1, 0.15) is 0 Å². The molecule has 0 aliphatic rings. The Morgan fingerprint density at radius 3 is 1.23 bits per heavy atom. The Balaban J connectivity index is -0.000000117. The van der Waals surface area contributed by atoms with Crippen LogP contribution in [0.25, 0.3) is 0 Å². The predicted octanol–water partition coefficient (Wildman–Crippen LogP) is -0.178. The summed E-state index contributed by atoms with van der Waals surface area (Å²) in [5.41, 5.74) is 10.1. The number of hydrogen-bond donors (Lipinski definition) is 4. The van der Waals surface area contributed by atoms with Crippen LogP contribution in [0.2, 0.25) is 0 Å². The van der Waals surface area contributed by atoms with Crippen LogP contribution in [0.3, 0.4) is 0 Å². The molecular formula is C7H18N2O4. The van der Waals surface area contributed by atoms with E-state index >= 15 is 0 Å². The van der Waals surface area contributed by atoms with Gasteiger partial charge in [-0.15, -0.1) is 0 Å². The fourth-order valence-corrected chi connectivity index (χ4v) is 0. The van der Waals surface area contributed by atoms with Crippen molar-refractivity contribution < 1.29 is 19.8 Å². The molecule has 0 atom stereocenters. The van der Waals surface area contributed by atoms with Crippen molar-refractivity contribution in [1.29, 1.82) is 0 Å². The molecule has 80 valence electrons. The third-order valence-corrected chi connectivity index (χ3v) is 0.471. The van der Waals surface area contributed by atoms with E-state index in [1.165, 1.54) is 0 Å². The van der Waals surface area contributed by atoms with Gasteiger partial charge in [-0.25, -0.2) is 0 Å². The molecule has 0 aromatic rings. The molecule has 0 aromatic carbocycles. The van der Waals surface area contributed by atoms with Gasteiger partial charge in [0.05, 0.1) is 6.17 Å². The molecule has 0 bridgehead atoms. The van der Waals surface area contributed by atoms with Crippen LogP contribution < -0.4 is 11.5 Å². The molecule has 0 spiro atoms. The molecule has 0 radical (unpaired) electrons. The lowest BCUT2D eigenvalue weighted by Crippen LogP contribution is -2.28. The maximum Gasteiger partial charge on any atom is 0.300 e. The summed E-state index contributed by atoms with van der Waals surface area (Å²) in [7, 11) is 0. The van der Waals surface area contributed by atoms with Gasteiger partial charge < -0.3 is 21.7 Å². The second-order valence-corrected chi connectivity index (χ2v) is 2.11. The first-order valence-corrected chi connectivity index (χ1v) is 3.64. The fraction of sp³-hybridized carbons (Fsp3) is 0.714. The Bertz CT molecular complexity index is 116. The maximum absolute atomic E-state index is 9.00. The van der Waals surface area contributed by atoms with Crippen molar-refractivity contribution in [2.45, 2.75) is 33.4 Å². The van der Waals surface area contributed by atoms with Crippen LogP contribution in [0.4, 0.5) is 0 Å². The van der Waals surface area contributed by atoms with Crippen LogP contribution in [0, 0.1) is 0 Å². The van der Waals surface area contributed by atoms with E-state index in [0.717, 1.165) is 20.3 Å². The van der Waals surface area contributed by atoms with Crippen LogP contribution in [0.15, 0.2) is 0 Å². The Morgan fingerprint density at radius 1 is 1.15 bits per heavy atom. The molecule has 6 nitrogen and oxygen atoms in total. The van der Waals surface area contributed by atoms with E-state index in [0.29, 0.717) is 0 Å². The standard InChI is InChI=1S/C3H10N2.2C2H4O2/c1-2-3(4)5;2*1-2(3)4/h3H,2,4-5H2,1H3;2*1H3,(H,3,4). The number of nitrogens with two attached hydrogens (primary N) is 2. The summed E-state index contributed by atoms with van der Waals surface area (Å²) < 4.78 is 0. The zero-order valence-electron chi connectivity index (χ0n) is 8.15. The molecule has 13 heavy (non-hydrogen) atoms. The monoisotopic (exact) mass is 194 g/mol. The van der Waals surface area contributed by atoms with Gasteiger partial charge in [0.15, 0.2) is 0 Å². The van der Waals surface area contributed by atoms with Gasteiger partial charge in [0, 0.05) is 13.8 Å². The molecule has 0 aromatic heterocycles. The molecule has 0 saturated carbocycles. The highest BCUT2D eigenvalue weighted by Gasteiger charge is 1.79. The van der Waals surface area contributed by atoms with Crippen LogP contribution in [-0.2, 0) is 9.59 Å². The zero-order chi connectivity index (χ0) is 11.4. The number of aliphatic carboxylic acids is 2. The summed E-state index contributed by atoms with van der Waals surface area (Å²) in [5.74, 6) is -1.67. The van der Waals surface area contributed by atoms with Crippen LogP contribution in [0.5, 0.6) is 0 Å². The van der Waals surface area contributed by atoms with Crippen molar-refractivity contribution in [3.8, 4) is 0 Å².